The van der Waals surface area contributed by atoms with Crippen molar-refractivity contribution >= 4 is 13.7 Å². The summed E-state index contributed by atoms with van der Waals surface area (Å²) in [5, 5.41) is 13.6. The molecule has 1 unspecified atom stereocenters. The van der Waals surface area contributed by atoms with E-state index < -0.39 is 20.0 Å². The highest BCUT2D eigenvalue weighted by Crippen LogP contribution is 2.38. The first kappa shape index (κ1) is 40.2. The zero-order valence-corrected chi connectivity index (χ0v) is 28.1. The summed E-state index contributed by atoms with van der Waals surface area (Å²) in [6, 6.07) is -0.875. The van der Waals surface area contributed by atoms with Gasteiger partial charge >= 0.3 is 0 Å². The summed E-state index contributed by atoms with van der Waals surface area (Å²) in [4.78, 5) is 24.9. The van der Waals surface area contributed by atoms with Crippen LogP contribution in [-0.4, -0.2) is 68.5 Å². The second-order valence-corrected chi connectivity index (χ2v) is 13.9. The van der Waals surface area contributed by atoms with E-state index in [-0.39, 0.29) is 19.1 Å². The molecule has 0 rings (SSSR count). The molecule has 0 aliphatic heterocycles. The van der Waals surface area contributed by atoms with Crippen molar-refractivity contribution < 1.29 is 32.9 Å². The number of amides is 1. The number of carbonyl (C=O) groups excluding carboxylic acids is 1. The zero-order valence-electron chi connectivity index (χ0n) is 27.2. The molecule has 0 aliphatic carbocycles. The van der Waals surface area contributed by atoms with Gasteiger partial charge in [-0.1, -0.05) is 122 Å². The number of phosphoric ester groups is 1. The summed E-state index contributed by atoms with van der Waals surface area (Å²) >= 11 is 0. The van der Waals surface area contributed by atoms with Gasteiger partial charge in [0.25, 0.3) is 7.82 Å². The van der Waals surface area contributed by atoms with Crippen molar-refractivity contribution in [3.05, 3.63) is 12.2 Å². The normalized spacial score (nSPS) is 15.2. The Hall–Kier alpha value is -0.760. The van der Waals surface area contributed by atoms with Gasteiger partial charge in [0, 0.05) is 6.42 Å². The van der Waals surface area contributed by atoms with E-state index in [9.17, 15) is 19.4 Å². The highest BCUT2D eigenvalue weighted by Gasteiger charge is 2.23. The lowest BCUT2D eigenvalue weighted by Crippen LogP contribution is -2.45. The molecule has 0 saturated heterocycles. The smallest absolute Gasteiger partial charge is 0.268 e. The Bertz CT molecular complexity index is 698. The number of nitrogens with one attached hydrogen (secondary N) is 1. The highest BCUT2D eigenvalue weighted by atomic mass is 31.2. The van der Waals surface area contributed by atoms with Gasteiger partial charge in [0.15, 0.2) is 0 Å². The highest BCUT2D eigenvalue weighted by molar-refractivity contribution is 7.45. The van der Waals surface area contributed by atoms with Crippen LogP contribution in [0.15, 0.2) is 12.2 Å². The van der Waals surface area contributed by atoms with Crippen LogP contribution in [0.25, 0.3) is 0 Å². The third kappa shape index (κ3) is 27.8. The largest absolute Gasteiger partial charge is 0.756 e. The number of hydrogen-bond acceptors (Lipinski definition) is 6. The molecular weight excluding hydrogens is 539 g/mol. The molecule has 0 aromatic carbocycles. The number of aliphatic hydroxyl groups is 1. The SMILES string of the molecule is CCCCCCCCCCC/C=C/[C@@H](O)[C@H](COP(=O)([O-])OCC[N+](C)(C)C)NC(=O)CCCCCCCCCC. The molecule has 0 bridgehead atoms. The summed E-state index contributed by atoms with van der Waals surface area (Å²) < 4.78 is 22.9. The third-order valence-electron chi connectivity index (χ3n) is 7.25. The summed E-state index contributed by atoms with van der Waals surface area (Å²) in [5.74, 6) is -0.206. The van der Waals surface area contributed by atoms with Crippen molar-refractivity contribution in [1.29, 1.82) is 0 Å². The van der Waals surface area contributed by atoms with Crippen molar-refractivity contribution in [3.63, 3.8) is 0 Å². The maximum absolute atomic E-state index is 12.6. The fraction of sp³-hybridized carbons (Fsp3) is 0.906. The number of allylic oxidation sites excluding steroid dienone is 1. The number of unbranched alkanes of at least 4 members (excludes halogenated alkanes) is 16. The lowest BCUT2D eigenvalue weighted by atomic mass is 10.1. The number of hydrogen-bond donors (Lipinski definition) is 2. The monoisotopic (exact) mass is 604 g/mol. The van der Waals surface area contributed by atoms with Crippen molar-refractivity contribution in [2.75, 3.05) is 40.9 Å². The van der Waals surface area contributed by atoms with Crippen molar-refractivity contribution in [3.8, 4) is 0 Å². The standard InChI is InChI=1S/C32H65N2O6P/c1-6-8-10-12-14-16-17-18-19-21-23-25-31(35)30(29-40-41(37,38)39-28-27-34(3,4)5)33-32(36)26-24-22-20-15-13-11-9-7-2/h23,25,30-31,35H,6-22,24,26-29H2,1-5H3,(H-,33,36,37,38)/b25-23+/t30-,31+/m0/s1. The number of nitrogens with zero attached hydrogens (tertiary/aromatic N) is 1. The van der Waals surface area contributed by atoms with Crippen LogP contribution >= 0.6 is 7.82 Å². The van der Waals surface area contributed by atoms with Gasteiger partial charge in [-0.25, -0.2) is 0 Å². The van der Waals surface area contributed by atoms with E-state index in [1.807, 2.05) is 27.2 Å². The first-order valence-corrected chi connectivity index (χ1v) is 18.0. The van der Waals surface area contributed by atoms with Crippen molar-refractivity contribution in [1.82, 2.24) is 5.32 Å². The number of quaternary nitrogens is 1. The molecule has 0 fully saturated rings. The Morgan fingerprint density at radius 1 is 0.829 bits per heavy atom. The Balaban J connectivity index is 4.65. The zero-order chi connectivity index (χ0) is 30.8. The second kappa shape index (κ2) is 25.7. The van der Waals surface area contributed by atoms with E-state index in [0.29, 0.717) is 17.4 Å². The maximum atomic E-state index is 12.6. The summed E-state index contributed by atoms with van der Waals surface area (Å²) in [6.07, 6.45) is 24.0. The summed E-state index contributed by atoms with van der Waals surface area (Å²) in [5.41, 5.74) is 0. The predicted molar refractivity (Wildman–Crippen MR) is 169 cm³/mol. The summed E-state index contributed by atoms with van der Waals surface area (Å²) in [7, 11) is 1.26. The molecule has 0 radical (unpaired) electrons. The molecule has 0 heterocycles. The molecule has 8 nitrogen and oxygen atoms in total. The molecule has 41 heavy (non-hydrogen) atoms. The molecule has 0 saturated carbocycles. The number of phosphoric acid groups is 1. The van der Waals surface area contributed by atoms with Gasteiger partial charge in [-0.05, 0) is 19.3 Å². The van der Waals surface area contributed by atoms with Gasteiger partial charge in [0.05, 0.1) is 39.9 Å². The number of carbonyl (C=O) groups is 1. The Labute approximate surface area is 252 Å². The molecule has 0 aliphatic rings. The summed E-state index contributed by atoms with van der Waals surface area (Å²) in [6.45, 7) is 4.56. The van der Waals surface area contributed by atoms with Crippen LogP contribution < -0.4 is 10.2 Å². The maximum Gasteiger partial charge on any atom is 0.268 e. The fourth-order valence-corrected chi connectivity index (χ4v) is 5.22. The minimum absolute atomic E-state index is 0.000937. The van der Waals surface area contributed by atoms with Crippen LogP contribution in [0.1, 0.15) is 136 Å². The molecule has 9 heteroatoms. The quantitative estimate of drug-likeness (QED) is 0.0410. The van der Waals surface area contributed by atoms with Gasteiger partial charge < -0.3 is 28.8 Å². The van der Waals surface area contributed by atoms with Crippen LogP contribution in [-0.2, 0) is 18.4 Å². The first-order valence-electron chi connectivity index (χ1n) is 16.6. The Morgan fingerprint density at radius 2 is 1.32 bits per heavy atom. The molecule has 1 amide bonds. The Kier molecular flexibility index (Phi) is 25.2. The van der Waals surface area contributed by atoms with E-state index in [1.165, 1.54) is 77.0 Å². The second-order valence-electron chi connectivity index (χ2n) is 12.5. The number of likely N-dealkylation sites (N-methyl/N-ethyl adjacent to an activating group) is 1. The van der Waals surface area contributed by atoms with Crippen molar-refractivity contribution in [2.45, 2.75) is 148 Å². The number of aliphatic hydroxyl groups excluding tert-OH is 1. The number of rotatable bonds is 29. The third-order valence-corrected chi connectivity index (χ3v) is 8.21. The van der Waals surface area contributed by atoms with E-state index in [4.69, 9.17) is 9.05 Å². The Morgan fingerprint density at radius 3 is 1.83 bits per heavy atom. The minimum Gasteiger partial charge on any atom is -0.756 e. The molecule has 0 spiro atoms. The van der Waals surface area contributed by atoms with E-state index in [0.717, 1.165) is 38.5 Å². The molecule has 2 N–H and O–H groups in total. The fourth-order valence-electron chi connectivity index (χ4n) is 4.50. The van der Waals surface area contributed by atoms with Crippen LogP contribution in [0.2, 0.25) is 0 Å². The lowest BCUT2D eigenvalue weighted by molar-refractivity contribution is -0.870. The van der Waals surface area contributed by atoms with Crippen LogP contribution in [0.3, 0.4) is 0 Å². The topological polar surface area (TPSA) is 108 Å². The predicted octanol–water partition coefficient (Wildman–Crippen LogP) is 7.05. The van der Waals surface area contributed by atoms with Gasteiger partial charge in [-0.15, -0.1) is 0 Å². The minimum atomic E-state index is -4.56. The van der Waals surface area contributed by atoms with Crippen molar-refractivity contribution in [2.24, 2.45) is 0 Å². The van der Waals surface area contributed by atoms with Crippen LogP contribution in [0.4, 0.5) is 0 Å². The average Bonchev–Trinajstić information content (AvgIpc) is 2.90. The van der Waals surface area contributed by atoms with Gasteiger partial charge in [-0.3, -0.25) is 9.36 Å². The molecule has 244 valence electrons. The van der Waals surface area contributed by atoms with Gasteiger partial charge in [0.1, 0.15) is 13.2 Å². The molecular formula is C32H65N2O6P. The van der Waals surface area contributed by atoms with E-state index in [2.05, 4.69) is 19.2 Å². The first-order chi connectivity index (χ1) is 19.5. The lowest BCUT2D eigenvalue weighted by Gasteiger charge is -2.29. The van der Waals surface area contributed by atoms with Crippen LogP contribution in [0, 0.1) is 0 Å². The van der Waals surface area contributed by atoms with E-state index in [1.54, 1.807) is 6.08 Å². The average molecular weight is 605 g/mol. The van der Waals surface area contributed by atoms with E-state index >= 15 is 0 Å². The van der Waals surface area contributed by atoms with Gasteiger partial charge in [-0.2, -0.15) is 0 Å². The van der Waals surface area contributed by atoms with Gasteiger partial charge in [0.2, 0.25) is 5.91 Å². The molecule has 0 aromatic rings. The molecule has 3 atom stereocenters. The molecule has 0 aromatic heterocycles. The van der Waals surface area contributed by atoms with Crippen LogP contribution in [0.5, 0.6) is 0 Å².